The van der Waals surface area contributed by atoms with Gasteiger partial charge < -0.3 is 4.74 Å². The molecule has 0 bridgehead atoms. The zero-order valence-corrected chi connectivity index (χ0v) is 6.54. The van der Waals surface area contributed by atoms with Crippen molar-refractivity contribution in [1.82, 2.24) is 0 Å². The smallest absolute Gasteiger partial charge is 0.312 e. The SMILES string of the molecule is [2H]C([2H])([2H])Oc1ccc(Cl)cc1[N+](=O)[O-]. The summed E-state index contributed by atoms with van der Waals surface area (Å²) >= 11 is 5.53. The summed E-state index contributed by atoms with van der Waals surface area (Å²) in [7, 11) is -2.72. The summed E-state index contributed by atoms with van der Waals surface area (Å²) in [6.07, 6.45) is 0. The summed E-state index contributed by atoms with van der Waals surface area (Å²) in [6.45, 7) is 0. The molecular formula is C7H6ClNO3. The number of nitro groups is 1. The van der Waals surface area contributed by atoms with Crippen LogP contribution in [0, 0.1) is 10.1 Å². The Hall–Kier alpha value is -1.29. The van der Waals surface area contributed by atoms with Gasteiger partial charge >= 0.3 is 5.69 Å². The van der Waals surface area contributed by atoms with Crippen molar-refractivity contribution in [3.63, 3.8) is 0 Å². The first-order valence-corrected chi connectivity index (χ1v) is 3.30. The number of nitrogens with zero attached hydrogens (tertiary/aromatic N) is 1. The number of hydrogen-bond donors (Lipinski definition) is 0. The fraction of sp³-hybridized carbons (Fsp3) is 0.143. The summed E-state index contributed by atoms with van der Waals surface area (Å²) in [5.41, 5.74) is -0.473. The second kappa shape index (κ2) is 3.40. The summed E-state index contributed by atoms with van der Waals surface area (Å²) < 4.78 is 24.9. The molecule has 0 aliphatic carbocycles. The third-order valence-electron chi connectivity index (χ3n) is 1.23. The van der Waals surface area contributed by atoms with Gasteiger partial charge in [-0.2, -0.15) is 0 Å². The van der Waals surface area contributed by atoms with Gasteiger partial charge in [-0.05, 0) is 12.1 Å². The number of methoxy groups -OCH3 is 1. The number of halogens is 1. The van der Waals surface area contributed by atoms with Crippen LogP contribution < -0.4 is 4.74 Å². The molecule has 0 saturated heterocycles. The highest BCUT2D eigenvalue weighted by atomic mass is 35.5. The molecule has 1 aromatic carbocycles. The molecular weight excluding hydrogens is 182 g/mol. The summed E-state index contributed by atoms with van der Waals surface area (Å²) in [5.74, 6) is -0.329. The monoisotopic (exact) mass is 190 g/mol. The van der Waals surface area contributed by atoms with Crippen LogP contribution >= 0.6 is 11.6 Å². The standard InChI is InChI=1S/C7H6ClNO3/c1-12-7-3-2-5(8)4-6(7)9(10)11/h2-4H,1H3/i1D3. The lowest BCUT2D eigenvalue weighted by molar-refractivity contribution is -0.385. The van der Waals surface area contributed by atoms with Crippen LogP contribution in [0.5, 0.6) is 5.75 Å². The molecule has 5 heteroatoms. The quantitative estimate of drug-likeness (QED) is 0.531. The van der Waals surface area contributed by atoms with Gasteiger partial charge in [0.25, 0.3) is 0 Å². The van der Waals surface area contributed by atoms with Gasteiger partial charge in [0, 0.05) is 11.1 Å². The number of benzene rings is 1. The van der Waals surface area contributed by atoms with E-state index in [2.05, 4.69) is 4.74 Å². The van der Waals surface area contributed by atoms with Crippen LogP contribution in [-0.2, 0) is 0 Å². The molecule has 0 amide bonds. The minimum absolute atomic E-state index is 0.139. The van der Waals surface area contributed by atoms with Crippen LogP contribution in [0.1, 0.15) is 4.11 Å². The maximum atomic E-state index is 10.5. The van der Waals surface area contributed by atoms with Gasteiger partial charge in [-0.25, -0.2) is 0 Å². The Morgan fingerprint density at radius 2 is 2.50 bits per heavy atom. The fourth-order valence-corrected chi connectivity index (χ4v) is 0.886. The zero-order valence-electron chi connectivity index (χ0n) is 8.78. The lowest BCUT2D eigenvalue weighted by Gasteiger charge is -2.00. The summed E-state index contributed by atoms with van der Waals surface area (Å²) in [6, 6.07) is 3.49. The number of ether oxygens (including phenoxy) is 1. The first-order chi connectivity index (χ1) is 6.79. The van der Waals surface area contributed by atoms with E-state index in [-0.39, 0.29) is 10.8 Å². The average molecular weight is 191 g/mol. The molecule has 0 heterocycles. The van der Waals surface area contributed by atoms with E-state index in [1.54, 1.807) is 0 Å². The molecule has 4 nitrogen and oxygen atoms in total. The average Bonchev–Trinajstić information content (AvgIpc) is 2.05. The van der Waals surface area contributed by atoms with E-state index in [1.165, 1.54) is 6.07 Å². The first kappa shape index (κ1) is 5.37. The van der Waals surface area contributed by atoms with Gasteiger partial charge in [-0.15, -0.1) is 0 Å². The maximum Gasteiger partial charge on any atom is 0.312 e. The first-order valence-electron chi connectivity index (χ1n) is 4.42. The fourth-order valence-electron chi connectivity index (χ4n) is 0.720. The molecule has 0 aliphatic heterocycles. The molecule has 0 saturated carbocycles. The van der Waals surface area contributed by atoms with E-state index in [0.29, 0.717) is 0 Å². The van der Waals surface area contributed by atoms with E-state index in [4.69, 9.17) is 15.7 Å². The van der Waals surface area contributed by atoms with E-state index in [0.717, 1.165) is 12.1 Å². The summed E-state index contributed by atoms with van der Waals surface area (Å²) in [5, 5.41) is 10.7. The molecule has 1 aromatic rings. The molecule has 0 spiro atoms. The maximum absolute atomic E-state index is 10.5. The Bertz CT molecular complexity index is 394. The highest BCUT2D eigenvalue weighted by Gasteiger charge is 2.13. The molecule has 1 rings (SSSR count). The zero-order chi connectivity index (χ0) is 11.6. The van der Waals surface area contributed by atoms with Crippen LogP contribution in [0.25, 0.3) is 0 Å². The molecule has 0 aromatic heterocycles. The second-order valence-corrected chi connectivity index (χ2v) is 2.41. The van der Waals surface area contributed by atoms with Crippen molar-refractivity contribution in [1.29, 1.82) is 0 Å². The third kappa shape index (κ3) is 1.65. The second-order valence-electron chi connectivity index (χ2n) is 1.97. The molecule has 0 radical (unpaired) electrons. The molecule has 0 atom stereocenters. The Morgan fingerprint density at radius 1 is 1.75 bits per heavy atom. The highest BCUT2D eigenvalue weighted by molar-refractivity contribution is 6.30. The normalized spacial score (nSPS) is 14.2. The van der Waals surface area contributed by atoms with Gasteiger partial charge in [0.15, 0.2) is 5.75 Å². The Morgan fingerprint density at radius 3 is 3.08 bits per heavy atom. The lowest BCUT2D eigenvalue weighted by atomic mass is 10.3. The number of nitro benzene ring substituents is 1. The molecule has 0 aliphatic rings. The molecule has 0 unspecified atom stereocenters. The molecule has 0 fully saturated rings. The van der Waals surface area contributed by atoms with Gasteiger partial charge in [-0.3, -0.25) is 10.1 Å². The minimum atomic E-state index is -2.72. The predicted molar refractivity (Wildman–Crippen MR) is 44.7 cm³/mol. The van der Waals surface area contributed by atoms with Crippen molar-refractivity contribution in [2.45, 2.75) is 0 Å². The Kier molecular flexibility index (Phi) is 1.52. The van der Waals surface area contributed by atoms with Crippen LogP contribution in [-0.4, -0.2) is 12.0 Å². The van der Waals surface area contributed by atoms with E-state index >= 15 is 0 Å². The minimum Gasteiger partial charge on any atom is -0.490 e. The van der Waals surface area contributed by atoms with Crippen LogP contribution in [0.4, 0.5) is 5.69 Å². The van der Waals surface area contributed by atoms with Crippen molar-refractivity contribution in [2.75, 3.05) is 7.04 Å². The predicted octanol–water partition coefficient (Wildman–Crippen LogP) is 2.26. The highest BCUT2D eigenvalue weighted by Crippen LogP contribution is 2.29. The summed E-state index contributed by atoms with van der Waals surface area (Å²) in [4.78, 5) is 9.79. The molecule has 0 N–H and O–H groups in total. The number of rotatable bonds is 2. The lowest BCUT2D eigenvalue weighted by Crippen LogP contribution is -1.92. The van der Waals surface area contributed by atoms with E-state index in [1.807, 2.05) is 0 Å². The van der Waals surface area contributed by atoms with Gasteiger partial charge in [0.1, 0.15) is 0 Å². The van der Waals surface area contributed by atoms with Crippen LogP contribution in [0.15, 0.2) is 18.2 Å². The van der Waals surface area contributed by atoms with Crippen molar-refractivity contribution >= 4 is 17.3 Å². The Labute approximate surface area is 78.1 Å². The van der Waals surface area contributed by atoms with Crippen molar-refractivity contribution in [2.24, 2.45) is 0 Å². The van der Waals surface area contributed by atoms with Crippen molar-refractivity contribution < 1.29 is 13.8 Å². The van der Waals surface area contributed by atoms with Crippen molar-refractivity contribution in [3.05, 3.63) is 33.3 Å². The van der Waals surface area contributed by atoms with Gasteiger partial charge in [0.05, 0.1) is 16.1 Å². The van der Waals surface area contributed by atoms with Gasteiger partial charge in [-0.1, -0.05) is 11.6 Å². The number of hydrogen-bond acceptors (Lipinski definition) is 3. The van der Waals surface area contributed by atoms with Gasteiger partial charge in [0.2, 0.25) is 0 Å². The molecule has 12 heavy (non-hydrogen) atoms. The third-order valence-corrected chi connectivity index (χ3v) is 1.46. The topological polar surface area (TPSA) is 52.4 Å². The van der Waals surface area contributed by atoms with Crippen LogP contribution in [0.2, 0.25) is 5.02 Å². The van der Waals surface area contributed by atoms with Crippen molar-refractivity contribution in [3.8, 4) is 5.75 Å². The Balaban J connectivity index is 3.12. The van der Waals surface area contributed by atoms with E-state index in [9.17, 15) is 10.1 Å². The largest absolute Gasteiger partial charge is 0.490 e. The van der Waals surface area contributed by atoms with E-state index < -0.39 is 17.6 Å². The molecule has 64 valence electrons. The van der Waals surface area contributed by atoms with Crippen LogP contribution in [0.3, 0.4) is 0 Å².